The molecule has 0 bridgehead atoms. The molecular weight excluding hydrogens is 412 g/mol. The summed E-state index contributed by atoms with van der Waals surface area (Å²) < 4.78 is 0. The van der Waals surface area contributed by atoms with Crippen molar-refractivity contribution in [3.8, 4) is 10.6 Å². The van der Waals surface area contributed by atoms with Gasteiger partial charge in [0.05, 0.1) is 17.1 Å². The van der Waals surface area contributed by atoms with Crippen LogP contribution in [-0.2, 0) is 13.1 Å². The van der Waals surface area contributed by atoms with Gasteiger partial charge < -0.3 is 10.2 Å². The molecule has 0 unspecified atom stereocenters. The van der Waals surface area contributed by atoms with Crippen LogP contribution in [0.15, 0.2) is 47.2 Å². The van der Waals surface area contributed by atoms with E-state index in [1.807, 2.05) is 29.2 Å². The number of halogens is 1. The Balaban J connectivity index is 1.23. The number of nitrogens with zero attached hydrogens (tertiary/aromatic N) is 3. The molecule has 1 fully saturated rings. The van der Waals surface area contributed by atoms with Crippen molar-refractivity contribution in [3.63, 3.8) is 0 Å². The number of piperazine rings is 1. The average molecular weight is 433 g/mol. The fraction of sp³-hybridized carbons (Fsp3) is 0.300. The SMILES string of the molecule is O=C(NCc1ccc(Cl)cc1)N1CCN(Cc2nc(-c3cccs3)cs2)CC1. The Morgan fingerprint density at radius 2 is 1.89 bits per heavy atom. The van der Waals surface area contributed by atoms with Gasteiger partial charge in [0.2, 0.25) is 0 Å². The molecule has 1 N–H and O–H groups in total. The molecule has 4 rings (SSSR count). The lowest BCUT2D eigenvalue weighted by Gasteiger charge is -2.34. The topological polar surface area (TPSA) is 48.5 Å². The number of hydrogen-bond acceptors (Lipinski definition) is 5. The highest BCUT2D eigenvalue weighted by atomic mass is 35.5. The van der Waals surface area contributed by atoms with Crippen LogP contribution in [0.2, 0.25) is 5.02 Å². The molecule has 1 aromatic carbocycles. The van der Waals surface area contributed by atoms with Crippen LogP contribution < -0.4 is 5.32 Å². The zero-order valence-electron chi connectivity index (χ0n) is 15.3. The first-order valence-corrected chi connectivity index (χ1v) is 11.3. The number of thiophene rings is 1. The molecule has 0 saturated carbocycles. The molecule has 28 heavy (non-hydrogen) atoms. The number of rotatable bonds is 5. The van der Waals surface area contributed by atoms with E-state index in [2.05, 4.69) is 33.1 Å². The van der Waals surface area contributed by atoms with E-state index in [-0.39, 0.29) is 6.03 Å². The smallest absolute Gasteiger partial charge is 0.317 e. The van der Waals surface area contributed by atoms with Gasteiger partial charge in [-0.05, 0) is 29.1 Å². The maximum Gasteiger partial charge on any atom is 0.317 e. The van der Waals surface area contributed by atoms with Gasteiger partial charge in [0.15, 0.2) is 0 Å². The van der Waals surface area contributed by atoms with Crippen molar-refractivity contribution in [1.82, 2.24) is 20.1 Å². The second-order valence-electron chi connectivity index (χ2n) is 6.65. The molecule has 0 radical (unpaired) electrons. The fourth-order valence-corrected chi connectivity index (χ4v) is 4.84. The maximum absolute atomic E-state index is 12.4. The zero-order valence-corrected chi connectivity index (χ0v) is 17.7. The minimum atomic E-state index is -0.0103. The molecule has 0 aliphatic carbocycles. The number of benzene rings is 1. The third kappa shape index (κ3) is 4.91. The molecule has 146 valence electrons. The van der Waals surface area contributed by atoms with E-state index >= 15 is 0 Å². The molecule has 1 saturated heterocycles. The minimum absolute atomic E-state index is 0.0103. The van der Waals surface area contributed by atoms with Gasteiger partial charge in [-0.2, -0.15) is 0 Å². The van der Waals surface area contributed by atoms with Crippen LogP contribution in [0.1, 0.15) is 10.6 Å². The monoisotopic (exact) mass is 432 g/mol. The summed E-state index contributed by atoms with van der Waals surface area (Å²) in [5, 5.41) is 9.02. The standard InChI is InChI=1S/C20H21ClN4OS2/c21-16-5-3-15(4-6-16)12-22-20(26)25-9-7-24(8-10-25)13-19-23-17(14-28-19)18-2-1-11-27-18/h1-6,11,14H,7-10,12-13H2,(H,22,26). The van der Waals surface area contributed by atoms with E-state index in [4.69, 9.17) is 16.6 Å². The summed E-state index contributed by atoms with van der Waals surface area (Å²) in [5.74, 6) is 0. The number of aromatic nitrogens is 1. The van der Waals surface area contributed by atoms with Gasteiger partial charge in [0, 0.05) is 43.1 Å². The molecule has 0 atom stereocenters. The highest BCUT2D eigenvalue weighted by molar-refractivity contribution is 7.14. The number of urea groups is 1. The molecule has 2 aromatic heterocycles. The summed E-state index contributed by atoms with van der Waals surface area (Å²) in [6.45, 7) is 4.55. The van der Waals surface area contributed by atoms with Crippen LogP contribution in [0.4, 0.5) is 4.79 Å². The summed E-state index contributed by atoms with van der Waals surface area (Å²) in [7, 11) is 0. The van der Waals surface area contributed by atoms with Crippen LogP contribution in [0.25, 0.3) is 10.6 Å². The lowest BCUT2D eigenvalue weighted by molar-refractivity contribution is 0.135. The number of nitrogens with one attached hydrogen (secondary N) is 1. The maximum atomic E-state index is 12.4. The van der Waals surface area contributed by atoms with E-state index in [0.717, 1.165) is 49.0 Å². The fourth-order valence-electron chi connectivity index (χ4n) is 3.11. The number of hydrogen-bond donors (Lipinski definition) is 1. The predicted molar refractivity (Wildman–Crippen MR) is 116 cm³/mol. The van der Waals surface area contributed by atoms with E-state index in [1.165, 1.54) is 4.88 Å². The van der Waals surface area contributed by atoms with Gasteiger partial charge in [0.25, 0.3) is 0 Å². The van der Waals surface area contributed by atoms with Crippen molar-refractivity contribution in [1.29, 1.82) is 0 Å². The molecule has 1 aliphatic rings. The molecule has 1 aliphatic heterocycles. The molecule has 3 heterocycles. The van der Waals surface area contributed by atoms with Gasteiger partial charge in [-0.15, -0.1) is 22.7 Å². The van der Waals surface area contributed by atoms with Gasteiger partial charge in [-0.3, -0.25) is 4.90 Å². The summed E-state index contributed by atoms with van der Waals surface area (Å²) in [4.78, 5) is 22.6. The zero-order chi connectivity index (χ0) is 19.3. The Bertz CT molecular complexity index is 903. The van der Waals surface area contributed by atoms with Gasteiger partial charge in [-0.25, -0.2) is 9.78 Å². The number of thiazole rings is 1. The highest BCUT2D eigenvalue weighted by Gasteiger charge is 2.21. The van der Waals surface area contributed by atoms with Crippen molar-refractivity contribution in [2.75, 3.05) is 26.2 Å². The normalized spacial score (nSPS) is 15.0. The second-order valence-corrected chi connectivity index (χ2v) is 8.98. The van der Waals surface area contributed by atoms with Crippen molar-refractivity contribution < 1.29 is 4.79 Å². The number of carbonyl (C=O) groups excluding carboxylic acids is 1. The van der Waals surface area contributed by atoms with Crippen molar-refractivity contribution in [3.05, 3.63) is 62.8 Å². The number of carbonyl (C=O) groups is 1. The van der Waals surface area contributed by atoms with Crippen molar-refractivity contribution in [2.24, 2.45) is 0 Å². The van der Waals surface area contributed by atoms with Gasteiger partial charge in [0.1, 0.15) is 5.01 Å². The Labute approximate surface area is 177 Å². The first-order valence-electron chi connectivity index (χ1n) is 9.15. The van der Waals surface area contributed by atoms with Crippen LogP contribution in [0.3, 0.4) is 0 Å². The van der Waals surface area contributed by atoms with Gasteiger partial charge in [-0.1, -0.05) is 29.8 Å². The third-order valence-electron chi connectivity index (χ3n) is 4.70. The van der Waals surface area contributed by atoms with Crippen LogP contribution in [-0.4, -0.2) is 47.0 Å². The molecule has 2 amide bonds. The summed E-state index contributed by atoms with van der Waals surface area (Å²) in [6.07, 6.45) is 0. The van der Waals surface area contributed by atoms with E-state index in [0.29, 0.717) is 11.6 Å². The van der Waals surface area contributed by atoms with Crippen LogP contribution >= 0.6 is 34.3 Å². The van der Waals surface area contributed by atoms with Crippen LogP contribution in [0, 0.1) is 0 Å². The summed E-state index contributed by atoms with van der Waals surface area (Å²) in [5.41, 5.74) is 2.11. The summed E-state index contributed by atoms with van der Waals surface area (Å²) >= 11 is 9.31. The third-order valence-corrected chi connectivity index (χ3v) is 6.68. The average Bonchev–Trinajstić information content (AvgIpc) is 3.40. The van der Waals surface area contributed by atoms with E-state index < -0.39 is 0 Å². The lowest BCUT2D eigenvalue weighted by atomic mass is 10.2. The molecular formula is C20H21ClN4OS2. The molecule has 0 spiro atoms. The van der Waals surface area contributed by atoms with E-state index in [9.17, 15) is 4.79 Å². The Hall–Kier alpha value is -1.93. The predicted octanol–water partition coefficient (Wildman–Crippen LogP) is 4.55. The van der Waals surface area contributed by atoms with E-state index in [1.54, 1.807) is 22.7 Å². The largest absolute Gasteiger partial charge is 0.334 e. The van der Waals surface area contributed by atoms with Crippen molar-refractivity contribution in [2.45, 2.75) is 13.1 Å². The summed E-state index contributed by atoms with van der Waals surface area (Å²) in [6, 6.07) is 11.7. The number of amides is 2. The Morgan fingerprint density at radius 1 is 1.11 bits per heavy atom. The minimum Gasteiger partial charge on any atom is -0.334 e. The molecule has 3 aromatic rings. The lowest BCUT2D eigenvalue weighted by Crippen LogP contribution is -2.51. The van der Waals surface area contributed by atoms with Crippen LogP contribution in [0.5, 0.6) is 0 Å². The second kappa shape index (κ2) is 9.05. The molecule has 8 heteroatoms. The highest BCUT2D eigenvalue weighted by Crippen LogP contribution is 2.26. The Kier molecular flexibility index (Phi) is 6.26. The Morgan fingerprint density at radius 3 is 2.61 bits per heavy atom. The first-order chi connectivity index (χ1) is 13.7. The first kappa shape index (κ1) is 19.4. The van der Waals surface area contributed by atoms with Crippen molar-refractivity contribution >= 4 is 40.3 Å². The molecule has 5 nitrogen and oxygen atoms in total. The van der Waals surface area contributed by atoms with Gasteiger partial charge >= 0.3 is 6.03 Å². The quantitative estimate of drug-likeness (QED) is 0.643.